The molecule has 1 aliphatic heterocycles. The van der Waals surface area contributed by atoms with Gasteiger partial charge in [0, 0.05) is 5.57 Å². The normalized spacial score (nSPS) is 30.4. The monoisotopic (exact) mass is 234 g/mol. The number of fused-ring (bicyclic) bond motifs is 1. The maximum Gasteiger partial charge on any atom is 0.332 e. The third-order valence-electron chi connectivity index (χ3n) is 2.94. The molecule has 1 aliphatic carbocycles. The van der Waals surface area contributed by atoms with Crippen molar-refractivity contribution in [3.63, 3.8) is 0 Å². The van der Waals surface area contributed by atoms with Gasteiger partial charge in [-0.2, -0.15) is 0 Å². The Bertz CT molecular complexity index is 444. The molecule has 0 aromatic carbocycles. The number of carbonyl (C=O) groups excluding carboxylic acids is 2. The highest BCUT2D eigenvalue weighted by molar-refractivity contribution is 6.08. The molecule has 17 heavy (non-hydrogen) atoms. The van der Waals surface area contributed by atoms with Gasteiger partial charge in [-0.3, -0.25) is 9.59 Å². The highest BCUT2D eigenvalue weighted by Gasteiger charge is 2.57. The Balaban J connectivity index is 2.52. The second-order valence-electron chi connectivity index (χ2n) is 3.94. The number of cyclic esters (lactones) is 1. The first-order chi connectivity index (χ1) is 8.13. The predicted octanol–water partition coefficient (Wildman–Crippen LogP) is 1.53. The average Bonchev–Trinajstić information content (AvgIpc) is 2.48. The first-order valence-corrected chi connectivity index (χ1v) is 5.57. The fourth-order valence-corrected chi connectivity index (χ4v) is 2.12. The van der Waals surface area contributed by atoms with Crippen LogP contribution in [0.3, 0.4) is 0 Å². The van der Waals surface area contributed by atoms with E-state index in [2.05, 4.69) is 0 Å². The fourth-order valence-electron chi connectivity index (χ4n) is 2.12. The topological polar surface area (TPSA) is 52.6 Å². The molecule has 0 aromatic heterocycles. The van der Waals surface area contributed by atoms with Crippen LogP contribution in [-0.2, 0) is 19.1 Å². The number of ether oxygens (including phenoxy) is 2. The van der Waals surface area contributed by atoms with Gasteiger partial charge < -0.3 is 9.47 Å². The molecule has 0 radical (unpaired) electrons. The van der Waals surface area contributed by atoms with Crippen molar-refractivity contribution in [3.8, 4) is 0 Å². The molecule has 0 saturated carbocycles. The summed E-state index contributed by atoms with van der Waals surface area (Å²) in [6, 6.07) is 0. The van der Waals surface area contributed by atoms with Crippen molar-refractivity contribution < 1.29 is 19.1 Å². The van der Waals surface area contributed by atoms with Crippen molar-refractivity contribution in [2.45, 2.75) is 20.0 Å². The van der Waals surface area contributed by atoms with Crippen LogP contribution in [0.4, 0.5) is 0 Å². The first kappa shape index (κ1) is 11.6. The molecule has 0 bridgehead atoms. The van der Waals surface area contributed by atoms with E-state index in [1.54, 1.807) is 44.2 Å². The van der Waals surface area contributed by atoms with Crippen LogP contribution in [0.5, 0.6) is 0 Å². The molecule has 0 N–H and O–H groups in total. The average molecular weight is 234 g/mol. The summed E-state index contributed by atoms with van der Waals surface area (Å²) in [7, 11) is 0. The molecule has 1 fully saturated rings. The molecule has 0 aromatic rings. The molecule has 2 atom stereocenters. The number of carbonyl (C=O) groups is 2. The minimum absolute atomic E-state index is 0.233. The van der Waals surface area contributed by atoms with Crippen molar-refractivity contribution in [2.24, 2.45) is 5.41 Å². The zero-order valence-corrected chi connectivity index (χ0v) is 9.80. The molecule has 0 unspecified atom stereocenters. The van der Waals surface area contributed by atoms with Crippen LogP contribution >= 0.6 is 0 Å². The van der Waals surface area contributed by atoms with Gasteiger partial charge in [-0.15, -0.1) is 0 Å². The molecule has 0 amide bonds. The van der Waals surface area contributed by atoms with E-state index in [0.29, 0.717) is 5.57 Å². The molecule has 90 valence electrons. The standard InChI is InChI=1S/C13H14O4/c1-3-16-11(14)13-8-6-4-5-7-10(13)9(2)17-12(13)15/h4-9H,3H2,1-2H3/t9-,13+/m0/s1. The summed E-state index contributed by atoms with van der Waals surface area (Å²) >= 11 is 0. The van der Waals surface area contributed by atoms with Crippen LogP contribution in [0, 0.1) is 5.41 Å². The summed E-state index contributed by atoms with van der Waals surface area (Å²) in [5.74, 6) is -1.13. The quantitative estimate of drug-likeness (QED) is 0.537. The fraction of sp³-hybridized carbons (Fsp3) is 0.385. The Morgan fingerprint density at radius 3 is 2.94 bits per heavy atom. The van der Waals surface area contributed by atoms with Crippen LogP contribution in [0.15, 0.2) is 36.0 Å². The summed E-state index contributed by atoms with van der Waals surface area (Å²) in [4.78, 5) is 24.0. The smallest absolute Gasteiger partial charge is 0.332 e. The Morgan fingerprint density at radius 2 is 2.24 bits per heavy atom. The molecule has 4 heteroatoms. The number of hydrogen-bond acceptors (Lipinski definition) is 4. The minimum atomic E-state index is -1.39. The van der Waals surface area contributed by atoms with Gasteiger partial charge in [0.15, 0.2) is 0 Å². The van der Waals surface area contributed by atoms with Crippen molar-refractivity contribution in [3.05, 3.63) is 36.0 Å². The zero-order valence-electron chi connectivity index (χ0n) is 9.80. The van der Waals surface area contributed by atoms with Gasteiger partial charge in [0.05, 0.1) is 6.61 Å². The summed E-state index contributed by atoms with van der Waals surface area (Å²) < 4.78 is 10.1. The largest absolute Gasteiger partial charge is 0.465 e. The van der Waals surface area contributed by atoms with Crippen molar-refractivity contribution >= 4 is 11.9 Å². The Morgan fingerprint density at radius 1 is 1.47 bits per heavy atom. The van der Waals surface area contributed by atoms with Gasteiger partial charge in [-0.05, 0) is 13.8 Å². The summed E-state index contributed by atoms with van der Waals surface area (Å²) in [5, 5.41) is 0. The number of hydrogen-bond donors (Lipinski definition) is 0. The van der Waals surface area contributed by atoms with Crippen LogP contribution in [0.25, 0.3) is 0 Å². The number of rotatable bonds is 2. The van der Waals surface area contributed by atoms with E-state index in [4.69, 9.17) is 9.47 Å². The second-order valence-corrected chi connectivity index (χ2v) is 3.94. The van der Waals surface area contributed by atoms with Crippen LogP contribution in [0.1, 0.15) is 13.8 Å². The molecule has 1 saturated heterocycles. The summed E-state index contributed by atoms with van der Waals surface area (Å²) in [6.07, 6.45) is 8.11. The van der Waals surface area contributed by atoms with Crippen LogP contribution in [0.2, 0.25) is 0 Å². The van der Waals surface area contributed by atoms with E-state index in [9.17, 15) is 9.59 Å². The van der Waals surface area contributed by atoms with Gasteiger partial charge in [-0.25, -0.2) is 0 Å². The lowest BCUT2D eigenvalue weighted by atomic mass is 9.80. The van der Waals surface area contributed by atoms with E-state index in [0.717, 1.165) is 0 Å². The predicted molar refractivity (Wildman–Crippen MR) is 61.0 cm³/mol. The maximum atomic E-state index is 12.1. The van der Waals surface area contributed by atoms with Gasteiger partial charge in [0.2, 0.25) is 5.41 Å². The molecule has 4 nitrogen and oxygen atoms in total. The van der Waals surface area contributed by atoms with Crippen LogP contribution < -0.4 is 0 Å². The lowest BCUT2D eigenvalue weighted by molar-refractivity contribution is -0.160. The van der Waals surface area contributed by atoms with E-state index in [1.807, 2.05) is 0 Å². The number of allylic oxidation sites excluding steroid dienone is 4. The second kappa shape index (κ2) is 4.20. The van der Waals surface area contributed by atoms with Crippen molar-refractivity contribution in [1.29, 1.82) is 0 Å². The van der Waals surface area contributed by atoms with Crippen molar-refractivity contribution in [2.75, 3.05) is 6.61 Å². The number of esters is 2. The molecular weight excluding hydrogens is 220 g/mol. The van der Waals surface area contributed by atoms with Gasteiger partial charge in [0.25, 0.3) is 0 Å². The van der Waals surface area contributed by atoms with E-state index < -0.39 is 23.5 Å². The van der Waals surface area contributed by atoms with Crippen molar-refractivity contribution in [1.82, 2.24) is 0 Å². The van der Waals surface area contributed by atoms with Gasteiger partial charge in [0.1, 0.15) is 6.10 Å². The Kier molecular flexibility index (Phi) is 2.88. The molecule has 1 heterocycles. The lowest BCUT2D eigenvalue weighted by Crippen LogP contribution is -2.37. The zero-order chi connectivity index (χ0) is 12.5. The summed E-state index contributed by atoms with van der Waals surface area (Å²) in [6.45, 7) is 3.69. The highest BCUT2D eigenvalue weighted by atomic mass is 16.6. The lowest BCUT2D eigenvalue weighted by Gasteiger charge is -2.20. The molecule has 2 aliphatic rings. The Hall–Kier alpha value is -1.84. The Labute approximate surface area is 99.6 Å². The molecule has 0 spiro atoms. The third kappa shape index (κ3) is 1.60. The van der Waals surface area contributed by atoms with Gasteiger partial charge >= 0.3 is 11.9 Å². The molecule has 2 rings (SSSR count). The van der Waals surface area contributed by atoms with Crippen LogP contribution in [-0.4, -0.2) is 24.6 Å². The SMILES string of the molecule is CCOC(=O)[C@@]12C=CC=CC=C1[C@H](C)OC2=O. The van der Waals surface area contributed by atoms with E-state index in [-0.39, 0.29) is 6.61 Å². The minimum Gasteiger partial charge on any atom is -0.465 e. The molecular formula is C13H14O4. The van der Waals surface area contributed by atoms with Gasteiger partial charge in [-0.1, -0.05) is 30.4 Å². The third-order valence-corrected chi connectivity index (χ3v) is 2.94. The maximum absolute atomic E-state index is 12.1. The highest BCUT2D eigenvalue weighted by Crippen LogP contribution is 2.42. The van der Waals surface area contributed by atoms with E-state index in [1.165, 1.54) is 0 Å². The summed E-state index contributed by atoms with van der Waals surface area (Å²) in [5.41, 5.74) is -0.759. The first-order valence-electron chi connectivity index (χ1n) is 5.57. The van der Waals surface area contributed by atoms with E-state index >= 15 is 0 Å².